The highest BCUT2D eigenvalue weighted by molar-refractivity contribution is 7.94. The Balaban J connectivity index is 1.27. The number of fused-ring (bicyclic) bond motifs is 1. The Hall–Kier alpha value is -4.95. The summed E-state index contributed by atoms with van der Waals surface area (Å²) in [6.45, 7) is 4.19. The van der Waals surface area contributed by atoms with Crippen LogP contribution >= 0.6 is 0 Å². The number of oxazole rings is 1. The van der Waals surface area contributed by atoms with Crippen molar-refractivity contribution in [2.45, 2.75) is 30.6 Å². The standard InChI is InChI=1S/C35H31NO6S/c1-2-32-31(36-35(42-32)28-10-4-3-5-11-28)21-22-41-29-18-15-25(16-19-29)23-26(17-20-34(37)38)24-43(39,40)33-14-8-12-27-9-6-7-13-30(27)33/h2-16,18-19,24H,1,17,20-23H2,(H,37,38). The van der Waals surface area contributed by atoms with Crippen molar-refractivity contribution in [2.75, 3.05) is 6.61 Å². The number of ether oxygens (including phenoxy) is 1. The first-order chi connectivity index (χ1) is 20.8. The van der Waals surface area contributed by atoms with Crippen LogP contribution in [-0.4, -0.2) is 31.1 Å². The van der Waals surface area contributed by atoms with Gasteiger partial charge in [-0.2, -0.15) is 0 Å². The van der Waals surface area contributed by atoms with E-state index in [1.54, 1.807) is 30.3 Å². The van der Waals surface area contributed by atoms with Gasteiger partial charge < -0.3 is 14.3 Å². The minimum Gasteiger partial charge on any atom is -0.493 e. The zero-order valence-corrected chi connectivity index (χ0v) is 24.3. The molecule has 7 nitrogen and oxygen atoms in total. The maximum atomic E-state index is 13.4. The first-order valence-corrected chi connectivity index (χ1v) is 15.4. The number of rotatable bonds is 13. The summed E-state index contributed by atoms with van der Waals surface area (Å²) in [7, 11) is -3.82. The van der Waals surface area contributed by atoms with Crippen molar-refractivity contribution in [3.05, 3.63) is 132 Å². The second-order valence-corrected chi connectivity index (χ2v) is 11.8. The molecule has 0 fully saturated rings. The molecule has 0 spiro atoms. The fourth-order valence-corrected chi connectivity index (χ4v) is 6.35. The summed E-state index contributed by atoms with van der Waals surface area (Å²) in [6, 6.07) is 29.4. The fraction of sp³-hybridized carbons (Fsp3) is 0.143. The van der Waals surface area contributed by atoms with E-state index in [2.05, 4.69) is 11.6 Å². The third-order valence-corrected chi connectivity index (χ3v) is 8.55. The van der Waals surface area contributed by atoms with Crippen LogP contribution in [0.25, 0.3) is 28.3 Å². The number of carboxylic acids is 1. The van der Waals surface area contributed by atoms with Crippen molar-refractivity contribution in [2.24, 2.45) is 0 Å². The monoisotopic (exact) mass is 593 g/mol. The first kappa shape index (κ1) is 29.5. The second kappa shape index (κ2) is 13.4. The Morgan fingerprint density at radius 3 is 2.37 bits per heavy atom. The number of sulfone groups is 1. The highest BCUT2D eigenvalue weighted by Crippen LogP contribution is 2.27. The van der Waals surface area contributed by atoms with Crippen molar-refractivity contribution < 1.29 is 27.5 Å². The average Bonchev–Trinajstić information content (AvgIpc) is 3.44. The smallest absolute Gasteiger partial charge is 0.303 e. The molecule has 0 aliphatic heterocycles. The largest absolute Gasteiger partial charge is 0.493 e. The lowest BCUT2D eigenvalue weighted by atomic mass is 10.0. The van der Waals surface area contributed by atoms with Gasteiger partial charge in [0.05, 0.1) is 17.2 Å². The molecule has 43 heavy (non-hydrogen) atoms. The molecule has 1 aromatic heterocycles. The van der Waals surface area contributed by atoms with Crippen LogP contribution in [0, 0.1) is 0 Å². The van der Waals surface area contributed by atoms with E-state index >= 15 is 0 Å². The maximum absolute atomic E-state index is 13.4. The van der Waals surface area contributed by atoms with E-state index in [1.807, 2.05) is 72.8 Å². The molecule has 0 unspecified atom stereocenters. The number of hydrogen-bond donors (Lipinski definition) is 1. The van der Waals surface area contributed by atoms with Gasteiger partial charge in [-0.3, -0.25) is 4.79 Å². The lowest BCUT2D eigenvalue weighted by Crippen LogP contribution is -2.04. The van der Waals surface area contributed by atoms with E-state index in [0.29, 0.717) is 47.8 Å². The Labute approximate surface area is 250 Å². The van der Waals surface area contributed by atoms with E-state index in [0.717, 1.165) is 22.2 Å². The molecule has 8 heteroatoms. The highest BCUT2D eigenvalue weighted by atomic mass is 32.2. The normalized spacial score (nSPS) is 11.9. The van der Waals surface area contributed by atoms with Gasteiger partial charge in [0.15, 0.2) is 15.6 Å². The third kappa shape index (κ3) is 7.47. The quantitative estimate of drug-likeness (QED) is 0.150. The predicted molar refractivity (Wildman–Crippen MR) is 167 cm³/mol. The van der Waals surface area contributed by atoms with Crippen LogP contribution in [0.2, 0.25) is 0 Å². The maximum Gasteiger partial charge on any atom is 0.303 e. The summed E-state index contributed by atoms with van der Waals surface area (Å²) < 4.78 is 38.7. The topological polar surface area (TPSA) is 107 Å². The van der Waals surface area contributed by atoms with Crippen molar-refractivity contribution in [1.82, 2.24) is 4.98 Å². The molecular formula is C35H31NO6S. The number of aliphatic carboxylic acids is 1. The van der Waals surface area contributed by atoms with E-state index in [9.17, 15) is 18.3 Å². The second-order valence-electron chi connectivity index (χ2n) is 10.0. The molecule has 1 N–H and O–H groups in total. The van der Waals surface area contributed by atoms with Gasteiger partial charge in [-0.15, -0.1) is 0 Å². The van der Waals surface area contributed by atoms with Crippen LogP contribution < -0.4 is 4.74 Å². The molecule has 0 aliphatic carbocycles. The van der Waals surface area contributed by atoms with E-state index in [1.165, 1.54) is 5.41 Å². The number of carboxylic acid groups (broad SMARTS) is 1. The lowest BCUT2D eigenvalue weighted by molar-refractivity contribution is -0.136. The number of allylic oxidation sites excluding steroid dienone is 1. The molecule has 5 rings (SSSR count). The van der Waals surface area contributed by atoms with Gasteiger partial charge in [-0.25, -0.2) is 13.4 Å². The van der Waals surface area contributed by atoms with Crippen molar-refractivity contribution in [3.63, 3.8) is 0 Å². The molecule has 5 aromatic rings. The number of aromatic nitrogens is 1. The molecular weight excluding hydrogens is 562 g/mol. The summed E-state index contributed by atoms with van der Waals surface area (Å²) in [6.07, 6.45) is 2.40. The van der Waals surface area contributed by atoms with Gasteiger partial charge in [-0.1, -0.05) is 78.9 Å². The fourth-order valence-electron chi connectivity index (χ4n) is 4.82. The molecule has 4 aromatic carbocycles. The van der Waals surface area contributed by atoms with Gasteiger partial charge in [0.2, 0.25) is 5.89 Å². The molecule has 0 amide bonds. The zero-order valence-electron chi connectivity index (χ0n) is 23.5. The van der Waals surface area contributed by atoms with Gasteiger partial charge in [-0.05, 0) is 60.2 Å². The number of benzene rings is 4. The Kier molecular flexibility index (Phi) is 9.17. The minimum absolute atomic E-state index is 0.117. The number of hydrogen-bond acceptors (Lipinski definition) is 6. The van der Waals surface area contributed by atoms with Crippen molar-refractivity contribution >= 4 is 32.7 Å². The number of nitrogens with zero attached hydrogens (tertiary/aromatic N) is 1. The van der Waals surface area contributed by atoms with E-state index in [4.69, 9.17) is 9.15 Å². The van der Waals surface area contributed by atoms with Crippen LogP contribution in [0.3, 0.4) is 0 Å². The molecule has 0 radical (unpaired) electrons. The predicted octanol–water partition coefficient (Wildman–Crippen LogP) is 7.52. The molecule has 0 saturated heterocycles. The minimum atomic E-state index is -3.82. The molecule has 1 heterocycles. The van der Waals surface area contributed by atoms with Crippen LogP contribution in [0.15, 0.2) is 124 Å². The molecule has 0 atom stereocenters. The highest BCUT2D eigenvalue weighted by Gasteiger charge is 2.17. The van der Waals surface area contributed by atoms with Gasteiger partial charge in [0, 0.05) is 29.2 Å². The van der Waals surface area contributed by atoms with Crippen LogP contribution in [0.4, 0.5) is 0 Å². The summed E-state index contributed by atoms with van der Waals surface area (Å²) >= 11 is 0. The zero-order chi connectivity index (χ0) is 30.2. The average molecular weight is 594 g/mol. The van der Waals surface area contributed by atoms with E-state index in [-0.39, 0.29) is 17.7 Å². The van der Waals surface area contributed by atoms with Crippen molar-refractivity contribution in [3.8, 4) is 17.2 Å². The lowest BCUT2D eigenvalue weighted by Gasteiger charge is -2.11. The van der Waals surface area contributed by atoms with Gasteiger partial charge >= 0.3 is 5.97 Å². The molecule has 0 bridgehead atoms. The van der Waals surface area contributed by atoms with E-state index < -0.39 is 15.8 Å². The van der Waals surface area contributed by atoms with Crippen molar-refractivity contribution in [1.29, 1.82) is 0 Å². The first-order valence-electron chi connectivity index (χ1n) is 13.9. The Bertz CT molecular complexity index is 1870. The van der Waals surface area contributed by atoms with Gasteiger partial charge in [0.1, 0.15) is 5.75 Å². The molecule has 218 valence electrons. The van der Waals surface area contributed by atoms with Crippen LogP contribution in [0.1, 0.15) is 29.9 Å². The summed E-state index contributed by atoms with van der Waals surface area (Å²) in [4.78, 5) is 16.1. The number of carbonyl (C=O) groups is 1. The van der Waals surface area contributed by atoms with Gasteiger partial charge in [0.25, 0.3) is 0 Å². The third-order valence-electron chi connectivity index (χ3n) is 6.93. The summed E-state index contributed by atoms with van der Waals surface area (Å²) in [5, 5.41) is 11.9. The Morgan fingerprint density at radius 2 is 1.63 bits per heavy atom. The molecule has 0 aliphatic rings. The Morgan fingerprint density at radius 1 is 0.907 bits per heavy atom. The van der Waals surface area contributed by atoms with Crippen LogP contribution in [0.5, 0.6) is 5.75 Å². The summed E-state index contributed by atoms with van der Waals surface area (Å²) in [5.74, 6) is 0.802. The molecule has 0 saturated carbocycles. The van der Waals surface area contributed by atoms with Crippen LogP contribution in [-0.2, 0) is 27.5 Å². The summed E-state index contributed by atoms with van der Waals surface area (Å²) in [5.41, 5.74) is 3.00. The SMILES string of the molecule is C=Cc1oc(-c2ccccc2)nc1CCOc1ccc(CC(=CS(=O)(=O)c2cccc3ccccc23)CCC(=O)O)cc1.